The van der Waals surface area contributed by atoms with E-state index in [4.69, 9.17) is 21.3 Å². The van der Waals surface area contributed by atoms with Crippen molar-refractivity contribution in [1.82, 2.24) is 19.8 Å². The molecule has 0 spiro atoms. The van der Waals surface area contributed by atoms with Gasteiger partial charge in [-0.1, -0.05) is 11.6 Å². The zero-order valence-electron chi connectivity index (χ0n) is 22.8. The van der Waals surface area contributed by atoms with Crippen molar-refractivity contribution < 1.29 is 14.6 Å². The quantitative estimate of drug-likeness (QED) is 0.529. The number of anilines is 2. The van der Waals surface area contributed by atoms with E-state index < -0.39 is 5.60 Å². The Bertz CT molecular complexity index is 887. The molecule has 2 atom stereocenters. The molecule has 1 aromatic rings. The minimum Gasteiger partial charge on any atom is -0.444 e. The van der Waals surface area contributed by atoms with Gasteiger partial charge < -0.3 is 29.9 Å². The van der Waals surface area contributed by atoms with Crippen LogP contribution in [-0.4, -0.2) is 94.5 Å². The molecule has 10 heteroatoms. The summed E-state index contributed by atoms with van der Waals surface area (Å²) in [5, 5.41) is 13.7. The molecule has 3 fully saturated rings. The summed E-state index contributed by atoms with van der Waals surface area (Å²) in [5.74, 6) is 2.00. The third-order valence-electron chi connectivity index (χ3n) is 7.71. The number of carbonyl (C=O) groups is 1. The van der Waals surface area contributed by atoms with Gasteiger partial charge in [-0.25, -0.2) is 9.78 Å². The summed E-state index contributed by atoms with van der Waals surface area (Å²) in [5.41, 5.74) is -0.451. The maximum absolute atomic E-state index is 12.4. The van der Waals surface area contributed by atoms with Crippen LogP contribution in [0.15, 0.2) is 6.20 Å². The van der Waals surface area contributed by atoms with E-state index in [-0.39, 0.29) is 18.7 Å². The van der Waals surface area contributed by atoms with Gasteiger partial charge in [0.2, 0.25) is 5.95 Å². The van der Waals surface area contributed by atoms with E-state index in [0.29, 0.717) is 22.9 Å². The average molecular weight is 537 g/mol. The zero-order chi connectivity index (χ0) is 26.4. The summed E-state index contributed by atoms with van der Waals surface area (Å²) in [6.07, 6.45) is 9.84. The molecular weight excluding hydrogens is 492 g/mol. The molecule has 1 aromatic heterocycles. The van der Waals surface area contributed by atoms with E-state index in [0.717, 1.165) is 90.0 Å². The molecule has 0 aliphatic carbocycles. The highest BCUT2D eigenvalue weighted by Crippen LogP contribution is 2.31. The number of aromatic nitrogens is 2. The highest BCUT2D eigenvalue weighted by atomic mass is 35.5. The number of ether oxygens (including phenoxy) is 1. The molecule has 0 aromatic carbocycles. The minimum absolute atomic E-state index is 0.174. The van der Waals surface area contributed by atoms with E-state index in [1.54, 1.807) is 6.20 Å². The van der Waals surface area contributed by atoms with Gasteiger partial charge in [0.15, 0.2) is 5.82 Å². The molecule has 37 heavy (non-hydrogen) atoms. The van der Waals surface area contributed by atoms with Gasteiger partial charge in [0.05, 0.1) is 6.20 Å². The van der Waals surface area contributed by atoms with Crippen molar-refractivity contribution in [2.75, 3.05) is 56.1 Å². The van der Waals surface area contributed by atoms with Gasteiger partial charge in [-0.2, -0.15) is 4.98 Å². The van der Waals surface area contributed by atoms with E-state index in [2.05, 4.69) is 20.1 Å². The molecule has 0 unspecified atom stereocenters. The third kappa shape index (κ3) is 8.07. The standard InChI is InChI=1S/C27H45ClN6O3/c1-27(2,3)37-26(36)33-14-9-20(10-15-33)18-32-12-6-7-21(19-32)30-25-29-17-23(28)24(31-25)34-13-5-4-8-22(34)11-16-35/h17,20-22,35H,4-16,18-19H2,1-3H3,(H,29,30,31)/t21-,22+/m1/s1. The van der Waals surface area contributed by atoms with Gasteiger partial charge in [-0.15, -0.1) is 0 Å². The SMILES string of the molecule is CC(C)(C)OC(=O)N1CCC(CN2CCC[C@@H](Nc3ncc(Cl)c(N4CCCC[C@H]4CCO)n3)C2)CC1. The fourth-order valence-electron chi connectivity index (χ4n) is 5.87. The number of hydrogen-bond donors (Lipinski definition) is 2. The molecule has 3 aliphatic rings. The number of halogens is 1. The van der Waals surface area contributed by atoms with Crippen LogP contribution in [0.3, 0.4) is 0 Å². The molecule has 3 aliphatic heterocycles. The van der Waals surface area contributed by atoms with Crippen molar-refractivity contribution in [3.63, 3.8) is 0 Å². The van der Waals surface area contributed by atoms with E-state index in [1.165, 1.54) is 6.42 Å². The molecule has 4 rings (SSSR count). The molecule has 0 radical (unpaired) electrons. The van der Waals surface area contributed by atoms with Gasteiger partial charge in [0, 0.05) is 51.4 Å². The number of likely N-dealkylation sites (tertiary alicyclic amines) is 2. The average Bonchev–Trinajstić information content (AvgIpc) is 2.85. The number of aliphatic hydroxyl groups is 1. The highest BCUT2D eigenvalue weighted by Gasteiger charge is 2.30. The van der Waals surface area contributed by atoms with Crippen LogP contribution < -0.4 is 10.2 Å². The highest BCUT2D eigenvalue weighted by molar-refractivity contribution is 6.32. The Morgan fingerprint density at radius 3 is 2.65 bits per heavy atom. The zero-order valence-corrected chi connectivity index (χ0v) is 23.5. The third-order valence-corrected chi connectivity index (χ3v) is 7.98. The van der Waals surface area contributed by atoms with Crippen molar-refractivity contribution in [2.45, 2.75) is 89.8 Å². The number of carbonyl (C=O) groups excluding carboxylic acids is 1. The second-order valence-electron chi connectivity index (χ2n) is 11.9. The first-order chi connectivity index (χ1) is 17.7. The molecule has 4 heterocycles. The summed E-state index contributed by atoms with van der Waals surface area (Å²) >= 11 is 6.53. The molecule has 0 saturated carbocycles. The predicted molar refractivity (Wildman–Crippen MR) is 147 cm³/mol. The molecular formula is C27H45ClN6O3. The summed E-state index contributed by atoms with van der Waals surface area (Å²) in [6, 6.07) is 0.560. The van der Waals surface area contributed by atoms with Gasteiger partial charge >= 0.3 is 6.09 Å². The summed E-state index contributed by atoms with van der Waals surface area (Å²) in [6.45, 7) is 11.5. The number of rotatable bonds is 7. The number of hydrogen-bond acceptors (Lipinski definition) is 8. The first-order valence-electron chi connectivity index (χ1n) is 14.1. The molecule has 2 N–H and O–H groups in total. The molecule has 1 amide bonds. The van der Waals surface area contributed by atoms with Gasteiger partial charge in [-0.05, 0) is 84.6 Å². The van der Waals surface area contributed by atoms with Crippen molar-refractivity contribution in [1.29, 1.82) is 0 Å². The van der Waals surface area contributed by atoms with Gasteiger partial charge in [0.1, 0.15) is 10.6 Å². The number of piperidine rings is 3. The van der Waals surface area contributed by atoms with Crippen molar-refractivity contribution in [3.05, 3.63) is 11.2 Å². The summed E-state index contributed by atoms with van der Waals surface area (Å²) in [7, 11) is 0. The maximum Gasteiger partial charge on any atom is 0.410 e. The number of nitrogens with zero attached hydrogens (tertiary/aromatic N) is 5. The number of aliphatic hydroxyl groups excluding tert-OH is 1. The number of nitrogens with one attached hydrogen (secondary N) is 1. The van der Waals surface area contributed by atoms with Crippen LogP contribution in [0.25, 0.3) is 0 Å². The van der Waals surface area contributed by atoms with E-state index >= 15 is 0 Å². The van der Waals surface area contributed by atoms with Crippen molar-refractivity contribution in [3.8, 4) is 0 Å². The normalized spacial score (nSPS) is 24.2. The molecule has 3 saturated heterocycles. The fourth-order valence-corrected chi connectivity index (χ4v) is 6.07. The molecule has 9 nitrogen and oxygen atoms in total. The van der Waals surface area contributed by atoms with Gasteiger partial charge in [0.25, 0.3) is 0 Å². The van der Waals surface area contributed by atoms with Crippen molar-refractivity contribution in [2.24, 2.45) is 5.92 Å². The lowest BCUT2D eigenvalue weighted by atomic mass is 9.95. The Morgan fingerprint density at radius 2 is 1.92 bits per heavy atom. The Kier molecular flexibility index (Phi) is 9.75. The monoisotopic (exact) mass is 536 g/mol. The Hall–Kier alpha value is -1.84. The lowest BCUT2D eigenvalue weighted by molar-refractivity contribution is 0.0166. The fraction of sp³-hybridized carbons (Fsp3) is 0.815. The second-order valence-corrected chi connectivity index (χ2v) is 12.3. The first kappa shape index (κ1) is 28.2. The Balaban J connectivity index is 1.29. The minimum atomic E-state index is -0.451. The Morgan fingerprint density at radius 1 is 1.14 bits per heavy atom. The maximum atomic E-state index is 12.4. The first-order valence-corrected chi connectivity index (χ1v) is 14.5. The van der Waals surface area contributed by atoms with Crippen LogP contribution in [0.5, 0.6) is 0 Å². The van der Waals surface area contributed by atoms with Crippen LogP contribution in [0.1, 0.15) is 72.1 Å². The van der Waals surface area contributed by atoms with Crippen LogP contribution in [0.4, 0.5) is 16.6 Å². The van der Waals surface area contributed by atoms with Crippen LogP contribution >= 0.6 is 11.6 Å². The number of amides is 1. The van der Waals surface area contributed by atoms with Crippen LogP contribution in [0.2, 0.25) is 5.02 Å². The van der Waals surface area contributed by atoms with Crippen LogP contribution in [-0.2, 0) is 4.74 Å². The summed E-state index contributed by atoms with van der Waals surface area (Å²) in [4.78, 5) is 28.4. The van der Waals surface area contributed by atoms with Crippen LogP contribution in [0, 0.1) is 5.92 Å². The predicted octanol–water partition coefficient (Wildman–Crippen LogP) is 4.39. The van der Waals surface area contributed by atoms with E-state index in [1.807, 2.05) is 25.7 Å². The van der Waals surface area contributed by atoms with Crippen molar-refractivity contribution >= 4 is 29.5 Å². The lowest BCUT2D eigenvalue weighted by Gasteiger charge is -2.39. The van der Waals surface area contributed by atoms with E-state index in [9.17, 15) is 9.90 Å². The smallest absolute Gasteiger partial charge is 0.410 e. The summed E-state index contributed by atoms with van der Waals surface area (Å²) < 4.78 is 5.54. The van der Waals surface area contributed by atoms with Gasteiger partial charge in [-0.3, -0.25) is 0 Å². The molecule has 0 bridgehead atoms. The largest absolute Gasteiger partial charge is 0.444 e. The topological polar surface area (TPSA) is 94.1 Å². The lowest BCUT2D eigenvalue weighted by Crippen LogP contribution is -2.47. The second kappa shape index (κ2) is 12.8. The Labute approximate surface area is 226 Å². The molecule has 208 valence electrons.